The Labute approximate surface area is 232 Å². The number of epoxide rings is 1. The van der Waals surface area contributed by atoms with Gasteiger partial charge in [-0.3, -0.25) is 0 Å². The minimum absolute atomic E-state index is 0.221. The minimum atomic E-state index is -0.473. The van der Waals surface area contributed by atoms with Crippen LogP contribution in [0, 0.1) is 5.92 Å². The molecule has 0 N–H and O–H groups in total. The van der Waals surface area contributed by atoms with Crippen LogP contribution in [0.1, 0.15) is 47.2 Å². The Balaban J connectivity index is 1.63. The average Bonchev–Trinajstić information content (AvgIpc) is 3.73. The Morgan fingerprint density at radius 1 is 0.872 bits per heavy atom. The van der Waals surface area contributed by atoms with Gasteiger partial charge in [0, 0.05) is 0 Å². The number of hydrogen-bond donors (Lipinski definition) is 0. The van der Waals surface area contributed by atoms with Crippen molar-refractivity contribution in [2.45, 2.75) is 38.2 Å². The standard InChI is InChI=1S/C36H36O3/c1-5-10-25-20-27(15-17-34(25)37-4)36(32-13-8-6-11-30(32)31-12-7-9-14-33(31)36)28-16-18-35(39-23-29-22-38-29)26(21-28)19-24(2)3/h5-9,11-18,20-21,24,29H,1,10,19,22-23H2,2-4H3. The molecular weight excluding hydrogens is 480 g/mol. The Hall–Kier alpha value is -3.82. The molecule has 0 radical (unpaired) electrons. The van der Waals surface area contributed by atoms with Crippen LogP contribution in [-0.4, -0.2) is 26.4 Å². The zero-order chi connectivity index (χ0) is 27.0. The van der Waals surface area contributed by atoms with Crippen LogP contribution in [0.2, 0.25) is 0 Å². The highest BCUT2D eigenvalue weighted by Crippen LogP contribution is 2.56. The molecule has 1 unspecified atom stereocenters. The van der Waals surface area contributed by atoms with Crippen LogP contribution < -0.4 is 9.47 Å². The molecule has 1 aliphatic carbocycles. The summed E-state index contributed by atoms with van der Waals surface area (Å²) in [7, 11) is 1.74. The van der Waals surface area contributed by atoms with E-state index in [4.69, 9.17) is 14.2 Å². The normalized spacial score (nSPS) is 16.5. The fourth-order valence-electron chi connectivity index (χ4n) is 6.25. The first kappa shape index (κ1) is 25.5. The van der Waals surface area contributed by atoms with E-state index in [1.54, 1.807) is 7.11 Å². The molecule has 1 fully saturated rings. The van der Waals surface area contributed by atoms with Gasteiger partial charge in [0.2, 0.25) is 0 Å². The number of rotatable bonds is 10. The summed E-state index contributed by atoms with van der Waals surface area (Å²) < 4.78 is 17.5. The molecule has 1 saturated heterocycles. The van der Waals surface area contributed by atoms with Gasteiger partial charge >= 0.3 is 0 Å². The second-order valence-corrected chi connectivity index (χ2v) is 11.0. The van der Waals surface area contributed by atoms with E-state index < -0.39 is 5.41 Å². The Morgan fingerprint density at radius 2 is 1.46 bits per heavy atom. The van der Waals surface area contributed by atoms with E-state index in [1.165, 1.54) is 38.9 Å². The summed E-state index contributed by atoms with van der Waals surface area (Å²) in [6.07, 6.45) is 3.85. The lowest BCUT2D eigenvalue weighted by Gasteiger charge is -2.35. The van der Waals surface area contributed by atoms with E-state index in [1.807, 2.05) is 6.08 Å². The number of methoxy groups -OCH3 is 1. The molecule has 1 aliphatic heterocycles. The molecule has 3 nitrogen and oxygen atoms in total. The molecule has 1 heterocycles. The highest BCUT2D eigenvalue weighted by molar-refractivity contribution is 5.86. The van der Waals surface area contributed by atoms with Crippen LogP contribution in [0.25, 0.3) is 11.1 Å². The summed E-state index contributed by atoms with van der Waals surface area (Å²) in [4.78, 5) is 0. The maximum absolute atomic E-state index is 6.29. The predicted octanol–water partition coefficient (Wildman–Crippen LogP) is 7.76. The van der Waals surface area contributed by atoms with Crippen molar-refractivity contribution in [2.24, 2.45) is 5.92 Å². The van der Waals surface area contributed by atoms with Crippen molar-refractivity contribution < 1.29 is 14.2 Å². The van der Waals surface area contributed by atoms with Crippen molar-refractivity contribution in [1.82, 2.24) is 0 Å². The van der Waals surface area contributed by atoms with Gasteiger partial charge in [0.15, 0.2) is 0 Å². The fourth-order valence-corrected chi connectivity index (χ4v) is 6.25. The first-order valence-corrected chi connectivity index (χ1v) is 13.9. The van der Waals surface area contributed by atoms with Crippen LogP contribution in [0.5, 0.6) is 11.5 Å². The molecule has 0 bridgehead atoms. The monoisotopic (exact) mass is 516 g/mol. The maximum Gasteiger partial charge on any atom is 0.122 e. The first-order valence-electron chi connectivity index (χ1n) is 13.9. The van der Waals surface area contributed by atoms with Gasteiger partial charge in [-0.1, -0.05) is 92.7 Å². The smallest absolute Gasteiger partial charge is 0.122 e. The lowest BCUT2D eigenvalue weighted by Crippen LogP contribution is -2.29. The number of fused-ring (bicyclic) bond motifs is 3. The van der Waals surface area contributed by atoms with Crippen molar-refractivity contribution in [3.05, 3.63) is 131 Å². The van der Waals surface area contributed by atoms with Crippen LogP contribution in [0.15, 0.2) is 97.6 Å². The van der Waals surface area contributed by atoms with Crippen LogP contribution in [-0.2, 0) is 23.0 Å². The molecule has 3 heteroatoms. The molecule has 1 atom stereocenters. The lowest BCUT2D eigenvalue weighted by molar-refractivity contribution is 0.260. The van der Waals surface area contributed by atoms with E-state index in [9.17, 15) is 0 Å². The molecule has 0 saturated carbocycles. The molecular formula is C36H36O3. The summed E-state index contributed by atoms with van der Waals surface area (Å²) in [6.45, 7) is 9.93. The maximum atomic E-state index is 6.29. The van der Waals surface area contributed by atoms with E-state index >= 15 is 0 Å². The third-order valence-corrected chi connectivity index (χ3v) is 7.98. The van der Waals surface area contributed by atoms with Crippen molar-refractivity contribution in [3.63, 3.8) is 0 Å². The Morgan fingerprint density at radius 3 is 2.03 bits per heavy atom. The summed E-state index contributed by atoms with van der Waals surface area (Å²) in [6, 6.07) is 31.2. The molecule has 4 aromatic carbocycles. The van der Waals surface area contributed by atoms with Crippen molar-refractivity contribution in [2.75, 3.05) is 20.3 Å². The van der Waals surface area contributed by atoms with Gasteiger partial charge in [-0.2, -0.15) is 0 Å². The highest BCUT2D eigenvalue weighted by Gasteiger charge is 2.46. The van der Waals surface area contributed by atoms with Gasteiger partial charge in [0.1, 0.15) is 24.2 Å². The molecule has 39 heavy (non-hydrogen) atoms. The molecule has 0 amide bonds. The fraction of sp³-hybridized carbons (Fsp3) is 0.278. The average molecular weight is 517 g/mol. The van der Waals surface area contributed by atoms with Gasteiger partial charge in [-0.15, -0.1) is 6.58 Å². The van der Waals surface area contributed by atoms with Crippen molar-refractivity contribution >= 4 is 0 Å². The van der Waals surface area contributed by atoms with Crippen molar-refractivity contribution in [3.8, 4) is 22.6 Å². The number of ether oxygens (including phenoxy) is 3. The second kappa shape index (κ2) is 10.4. The van der Waals surface area contributed by atoms with E-state index in [0.717, 1.165) is 36.5 Å². The van der Waals surface area contributed by atoms with Gasteiger partial charge in [-0.25, -0.2) is 0 Å². The zero-order valence-corrected chi connectivity index (χ0v) is 23.1. The summed E-state index contributed by atoms with van der Waals surface area (Å²) in [5.74, 6) is 2.35. The van der Waals surface area contributed by atoms with Gasteiger partial charge in [-0.05, 0) is 75.4 Å². The molecule has 4 aromatic rings. The third kappa shape index (κ3) is 4.45. The van der Waals surface area contributed by atoms with Crippen LogP contribution in [0.4, 0.5) is 0 Å². The molecule has 0 spiro atoms. The summed E-state index contributed by atoms with van der Waals surface area (Å²) in [5.41, 5.74) is 9.55. The summed E-state index contributed by atoms with van der Waals surface area (Å²) >= 11 is 0. The van der Waals surface area contributed by atoms with Crippen LogP contribution >= 0.6 is 0 Å². The Bertz CT molecular complexity index is 1470. The molecule has 0 aromatic heterocycles. The topological polar surface area (TPSA) is 31.0 Å². The first-order chi connectivity index (χ1) is 19.1. The number of hydrogen-bond acceptors (Lipinski definition) is 3. The molecule has 198 valence electrons. The number of allylic oxidation sites excluding steroid dienone is 1. The van der Waals surface area contributed by atoms with E-state index in [2.05, 4.69) is 105 Å². The third-order valence-electron chi connectivity index (χ3n) is 7.98. The van der Waals surface area contributed by atoms with E-state index in [0.29, 0.717) is 12.5 Å². The van der Waals surface area contributed by atoms with E-state index in [-0.39, 0.29) is 6.10 Å². The van der Waals surface area contributed by atoms with Gasteiger partial charge in [0.25, 0.3) is 0 Å². The largest absolute Gasteiger partial charge is 0.496 e. The van der Waals surface area contributed by atoms with Gasteiger partial charge in [0.05, 0.1) is 19.1 Å². The lowest BCUT2D eigenvalue weighted by atomic mass is 9.67. The highest BCUT2D eigenvalue weighted by atomic mass is 16.6. The second-order valence-electron chi connectivity index (χ2n) is 11.0. The van der Waals surface area contributed by atoms with Crippen LogP contribution in [0.3, 0.4) is 0 Å². The number of benzene rings is 4. The quantitative estimate of drug-likeness (QED) is 0.140. The minimum Gasteiger partial charge on any atom is -0.496 e. The van der Waals surface area contributed by atoms with Crippen molar-refractivity contribution in [1.29, 1.82) is 0 Å². The summed E-state index contributed by atoms with van der Waals surface area (Å²) in [5, 5.41) is 0. The predicted molar refractivity (Wildman–Crippen MR) is 158 cm³/mol. The molecule has 2 aliphatic rings. The molecule has 6 rings (SSSR count). The SMILES string of the molecule is C=CCc1cc(C2(c3ccc(OCC4CO4)c(CC(C)C)c3)c3ccccc3-c3ccccc32)ccc1OC. The van der Waals surface area contributed by atoms with Gasteiger partial charge < -0.3 is 14.2 Å². The Kier molecular flexibility index (Phi) is 6.78. The zero-order valence-electron chi connectivity index (χ0n) is 23.1.